The molecule has 6 nitrogen and oxygen atoms in total. The van der Waals surface area contributed by atoms with Crippen molar-refractivity contribution < 1.29 is 14.5 Å². The van der Waals surface area contributed by atoms with Crippen molar-refractivity contribution in [3.05, 3.63) is 69.3 Å². The minimum atomic E-state index is -0.404. The van der Waals surface area contributed by atoms with Gasteiger partial charge < -0.3 is 10.1 Å². The number of nitro groups is 1. The largest absolute Gasteiger partial charge is 0.462 e. The summed E-state index contributed by atoms with van der Waals surface area (Å²) in [5.41, 5.74) is 2.74. The van der Waals surface area contributed by atoms with Crippen LogP contribution in [0.1, 0.15) is 42.3 Å². The molecule has 0 radical (unpaired) electrons. The summed E-state index contributed by atoms with van der Waals surface area (Å²) in [6, 6.07) is 12.0. The molecule has 0 spiro atoms. The normalized spacial score (nSPS) is 9.60. The minimum Gasteiger partial charge on any atom is -0.462 e. The number of hydrogen-bond acceptors (Lipinski definition) is 5. The Balaban J connectivity index is 0.00000151. The Labute approximate surface area is 148 Å². The number of rotatable bonds is 6. The van der Waals surface area contributed by atoms with Crippen LogP contribution < -0.4 is 5.32 Å². The lowest BCUT2D eigenvalue weighted by molar-refractivity contribution is -0.384. The van der Waals surface area contributed by atoms with Crippen molar-refractivity contribution in [3.63, 3.8) is 0 Å². The Morgan fingerprint density at radius 3 is 2.36 bits per heavy atom. The molecule has 0 saturated carbocycles. The van der Waals surface area contributed by atoms with Crippen LogP contribution in [0.15, 0.2) is 42.5 Å². The average Bonchev–Trinajstić information content (AvgIpc) is 2.63. The fraction of sp³-hybridized carbons (Fsp3) is 0.316. The molecule has 1 N–H and O–H groups in total. The van der Waals surface area contributed by atoms with E-state index in [1.54, 1.807) is 37.3 Å². The van der Waals surface area contributed by atoms with E-state index in [4.69, 9.17) is 4.74 Å². The number of anilines is 1. The first-order valence-corrected chi connectivity index (χ1v) is 8.26. The monoisotopic (exact) mass is 344 g/mol. The van der Waals surface area contributed by atoms with Crippen molar-refractivity contribution in [3.8, 4) is 0 Å². The molecule has 0 bridgehead atoms. The summed E-state index contributed by atoms with van der Waals surface area (Å²) in [6.45, 7) is 8.32. The summed E-state index contributed by atoms with van der Waals surface area (Å²) in [5.74, 6) is -0.360. The van der Waals surface area contributed by atoms with Crippen LogP contribution in [0.5, 0.6) is 0 Å². The van der Waals surface area contributed by atoms with Crippen LogP contribution in [0.3, 0.4) is 0 Å². The van der Waals surface area contributed by atoms with Crippen LogP contribution in [-0.2, 0) is 11.3 Å². The smallest absolute Gasteiger partial charge is 0.338 e. The van der Waals surface area contributed by atoms with Crippen LogP contribution in [-0.4, -0.2) is 17.5 Å². The van der Waals surface area contributed by atoms with Gasteiger partial charge in [0, 0.05) is 12.6 Å². The van der Waals surface area contributed by atoms with E-state index in [2.05, 4.69) is 5.32 Å². The van der Waals surface area contributed by atoms with E-state index in [9.17, 15) is 14.9 Å². The number of benzene rings is 2. The second kappa shape index (κ2) is 10.1. The van der Waals surface area contributed by atoms with Crippen LogP contribution in [0.4, 0.5) is 11.4 Å². The molecule has 2 rings (SSSR count). The zero-order chi connectivity index (χ0) is 18.8. The lowest BCUT2D eigenvalue weighted by Gasteiger charge is -2.08. The third-order valence-electron chi connectivity index (χ3n) is 3.30. The number of nitrogens with one attached hydrogen (secondary N) is 1. The Morgan fingerprint density at radius 2 is 1.80 bits per heavy atom. The Kier molecular flexibility index (Phi) is 8.12. The Hall–Kier alpha value is -2.89. The summed E-state index contributed by atoms with van der Waals surface area (Å²) in [6.07, 6.45) is 0. The second-order valence-corrected chi connectivity index (χ2v) is 5.05. The number of ether oxygens (including phenoxy) is 1. The number of aryl methyl sites for hydroxylation is 1. The zero-order valence-corrected chi connectivity index (χ0v) is 15.0. The van der Waals surface area contributed by atoms with Gasteiger partial charge in [0.05, 0.1) is 17.1 Å². The van der Waals surface area contributed by atoms with E-state index in [0.29, 0.717) is 24.4 Å². The maximum atomic E-state index is 11.6. The number of esters is 1. The molecule has 6 heteroatoms. The number of nitrogens with zero attached hydrogens (tertiary/aromatic N) is 1. The molecule has 0 aliphatic rings. The average molecular weight is 344 g/mol. The highest BCUT2D eigenvalue weighted by atomic mass is 16.6. The molecule has 0 fully saturated rings. The third kappa shape index (κ3) is 5.91. The van der Waals surface area contributed by atoms with Gasteiger partial charge in [-0.3, -0.25) is 10.1 Å². The first-order valence-electron chi connectivity index (χ1n) is 8.26. The topological polar surface area (TPSA) is 81.5 Å². The minimum absolute atomic E-state index is 0.0492. The lowest BCUT2D eigenvalue weighted by atomic mass is 10.1. The van der Waals surface area contributed by atoms with Gasteiger partial charge in [-0.1, -0.05) is 32.0 Å². The van der Waals surface area contributed by atoms with Crippen LogP contribution >= 0.6 is 0 Å². The zero-order valence-electron chi connectivity index (χ0n) is 15.0. The molecular formula is C19H24N2O4. The van der Waals surface area contributed by atoms with Gasteiger partial charge in [0.25, 0.3) is 5.69 Å². The predicted octanol–water partition coefficient (Wildman–Crippen LogP) is 4.72. The van der Waals surface area contributed by atoms with Gasteiger partial charge in [0.15, 0.2) is 0 Å². The third-order valence-corrected chi connectivity index (χ3v) is 3.30. The van der Waals surface area contributed by atoms with Crippen molar-refractivity contribution >= 4 is 17.3 Å². The molecule has 0 amide bonds. The molecule has 25 heavy (non-hydrogen) atoms. The van der Waals surface area contributed by atoms with E-state index in [1.807, 2.05) is 26.8 Å². The van der Waals surface area contributed by atoms with Gasteiger partial charge in [-0.2, -0.15) is 0 Å². The number of carbonyl (C=O) groups is 1. The molecule has 2 aromatic carbocycles. The van der Waals surface area contributed by atoms with E-state index in [0.717, 1.165) is 11.1 Å². The summed E-state index contributed by atoms with van der Waals surface area (Å²) < 4.78 is 4.92. The quantitative estimate of drug-likeness (QED) is 0.466. The summed E-state index contributed by atoms with van der Waals surface area (Å²) >= 11 is 0. The highest BCUT2D eigenvalue weighted by Crippen LogP contribution is 2.25. The van der Waals surface area contributed by atoms with Gasteiger partial charge in [-0.05, 0) is 43.2 Å². The summed E-state index contributed by atoms with van der Waals surface area (Å²) in [5, 5.41) is 14.1. The second-order valence-electron chi connectivity index (χ2n) is 5.05. The fourth-order valence-electron chi connectivity index (χ4n) is 2.11. The first kappa shape index (κ1) is 20.2. The SMILES string of the molecule is CC.CCOC(=O)c1ccc(CNc2ccc(C)cc2[N+](=O)[O-])cc1. The van der Waals surface area contributed by atoms with Crippen molar-refractivity contribution in [1.29, 1.82) is 0 Å². The highest BCUT2D eigenvalue weighted by Gasteiger charge is 2.13. The fourth-order valence-corrected chi connectivity index (χ4v) is 2.11. The predicted molar refractivity (Wildman–Crippen MR) is 98.9 cm³/mol. The molecule has 0 aliphatic heterocycles. The summed E-state index contributed by atoms with van der Waals surface area (Å²) in [4.78, 5) is 22.3. The van der Waals surface area contributed by atoms with E-state index < -0.39 is 4.92 Å². The van der Waals surface area contributed by atoms with E-state index in [1.165, 1.54) is 6.07 Å². The molecule has 0 atom stereocenters. The molecule has 134 valence electrons. The number of nitro benzene ring substituents is 1. The van der Waals surface area contributed by atoms with Gasteiger partial charge in [0.1, 0.15) is 5.69 Å². The standard InChI is InChI=1S/C17H18N2O4.C2H6/c1-3-23-17(20)14-7-5-13(6-8-14)11-18-15-9-4-12(2)10-16(15)19(21)22;1-2/h4-10,18H,3,11H2,1-2H3;1-2H3. The Bertz CT molecular complexity index is 712. The molecule has 0 aliphatic carbocycles. The first-order chi connectivity index (χ1) is 12.0. The molecule has 0 unspecified atom stereocenters. The maximum Gasteiger partial charge on any atom is 0.338 e. The van der Waals surface area contributed by atoms with Crippen molar-refractivity contribution in [2.75, 3.05) is 11.9 Å². The molecular weight excluding hydrogens is 320 g/mol. The molecule has 2 aromatic rings. The van der Waals surface area contributed by atoms with Crippen LogP contribution in [0, 0.1) is 17.0 Å². The number of carbonyl (C=O) groups excluding carboxylic acids is 1. The van der Waals surface area contributed by atoms with E-state index in [-0.39, 0.29) is 11.7 Å². The van der Waals surface area contributed by atoms with Gasteiger partial charge in [-0.25, -0.2) is 4.79 Å². The van der Waals surface area contributed by atoms with Gasteiger partial charge in [-0.15, -0.1) is 0 Å². The van der Waals surface area contributed by atoms with Gasteiger partial charge in [0.2, 0.25) is 0 Å². The number of hydrogen-bond donors (Lipinski definition) is 1. The molecule has 0 heterocycles. The van der Waals surface area contributed by atoms with Crippen LogP contribution in [0.25, 0.3) is 0 Å². The van der Waals surface area contributed by atoms with Crippen molar-refractivity contribution in [2.24, 2.45) is 0 Å². The van der Waals surface area contributed by atoms with Gasteiger partial charge >= 0.3 is 5.97 Å². The Morgan fingerprint density at radius 1 is 1.16 bits per heavy atom. The maximum absolute atomic E-state index is 11.6. The lowest BCUT2D eigenvalue weighted by Crippen LogP contribution is -2.06. The van der Waals surface area contributed by atoms with Crippen molar-refractivity contribution in [1.82, 2.24) is 0 Å². The molecule has 0 saturated heterocycles. The van der Waals surface area contributed by atoms with E-state index >= 15 is 0 Å². The highest BCUT2D eigenvalue weighted by molar-refractivity contribution is 5.89. The van der Waals surface area contributed by atoms with Crippen molar-refractivity contribution in [2.45, 2.75) is 34.2 Å². The van der Waals surface area contributed by atoms with Crippen LogP contribution in [0.2, 0.25) is 0 Å². The summed E-state index contributed by atoms with van der Waals surface area (Å²) in [7, 11) is 0. The molecule has 0 aromatic heterocycles.